The molecule has 0 N–H and O–H groups in total. The Labute approximate surface area is 230 Å². The number of hydrogen-bond donors (Lipinski definition) is 0. The summed E-state index contributed by atoms with van der Waals surface area (Å²) in [7, 11) is -2.07. The normalized spacial score (nSPS) is 26.6. The number of hydrogen-bond acceptors (Lipinski definition) is 7. The van der Waals surface area contributed by atoms with Gasteiger partial charge in [-0.25, -0.2) is 8.42 Å². The van der Waals surface area contributed by atoms with Crippen LogP contribution in [0.15, 0.2) is 91.0 Å². The highest BCUT2D eigenvalue weighted by Crippen LogP contribution is 2.43. The Hall–Kier alpha value is -2.63. The molecule has 2 fully saturated rings. The molecule has 9 heteroatoms. The Morgan fingerprint density at radius 3 is 1.87 bits per heavy atom. The van der Waals surface area contributed by atoms with Gasteiger partial charge in [-0.3, -0.25) is 0 Å². The first kappa shape index (κ1) is 27.9. The molecule has 0 amide bonds. The summed E-state index contributed by atoms with van der Waals surface area (Å²) in [5.74, 6) is 0. The Morgan fingerprint density at radius 1 is 0.821 bits per heavy atom. The molecule has 2 heterocycles. The largest absolute Gasteiger partial charge is 0.374 e. The molecule has 2 saturated heterocycles. The van der Waals surface area contributed by atoms with Crippen LogP contribution in [0.25, 0.3) is 0 Å². The zero-order valence-electron chi connectivity index (χ0n) is 22.2. The summed E-state index contributed by atoms with van der Waals surface area (Å²) < 4.78 is 58.5. The van der Waals surface area contributed by atoms with E-state index in [1.165, 1.54) is 17.6 Å². The zero-order valence-corrected chi connectivity index (χ0v) is 23.0. The molecule has 0 spiro atoms. The Kier molecular flexibility index (Phi) is 8.78. The van der Waals surface area contributed by atoms with E-state index in [2.05, 4.69) is 0 Å². The van der Waals surface area contributed by atoms with E-state index in [1.807, 2.05) is 91.0 Å². The highest BCUT2D eigenvalue weighted by Gasteiger charge is 2.63. The molecule has 0 saturated carbocycles. The van der Waals surface area contributed by atoms with Crippen LogP contribution in [0, 0.1) is 0 Å². The van der Waals surface area contributed by atoms with Crippen molar-refractivity contribution in [2.75, 3.05) is 26.5 Å². The minimum absolute atomic E-state index is 0.186. The molecule has 2 aliphatic rings. The average Bonchev–Trinajstić information content (AvgIpc) is 3.32. The van der Waals surface area contributed by atoms with Crippen LogP contribution in [0.5, 0.6) is 0 Å². The molecule has 2 bridgehead atoms. The van der Waals surface area contributed by atoms with E-state index in [4.69, 9.17) is 23.7 Å². The fraction of sp³-hybridized carbons (Fsp3) is 0.400. The van der Waals surface area contributed by atoms with Crippen LogP contribution in [0.2, 0.25) is 0 Å². The summed E-state index contributed by atoms with van der Waals surface area (Å²) in [5.41, 5.74) is 2.00. The lowest BCUT2D eigenvalue weighted by Crippen LogP contribution is -2.67. The lowest BCUT2D eigenvalue weighted by Gasteiger charge is -2.48. The van der Waals surface area contributed by atoms with Crippen molar-refractivity contribution in [3.63, 3.8) is 0 Å². The third-order valence-electron chi connectivity index (χ3n) is 7.23. The van der Waals surface area contributed by atoms with E-state index >= 15 is 0 Å². The second-order valence-electron chi connectivity index (χ2n) is 10.1. The molecule has 5 atom stereocenters. The molecule has 0 aliphatic carbocycles. The first-order chi connectivity index (χ1) is 18.9. The molecule has 3 aromatic rings. The fourth-order valence-electron chi connectivity index (χ4n) is 5.11. The SMILES string of the molecule is CN([C@H]1[C@H]2OC[C@](COCc3ccccc3)(O2)[C@H](OCc2ccccc2)[C@@H]1OCc1ccccc1)S(C)(=O)=O. The maximum atomic E-state index is 12.7. The molecule has 5 rings (SSSR count). The Bertz CT molecular complexity index is 1290. The van der Waals surface area contributed by atoms with Crippen molar-refractivity contribution in [3.05, 3.63) is 108 Å². The minimum atomic E-state index is -3.60. The number of fused-ring (bicyclic) bond motifs is 2. The van der Waals surface area contributed by atoms with Crippen molar-refractivity contribution in [1.29, 1.82) is 0 Å². The van der Waals surface area contributed by atoms with Gasteiger partial charge < -0.3 is 23.7 Å². The van der Waals surface area contributed by atoms with Gasteiger partial charge in [0.05, 0.1) is 39.3 Å². The molecule has 2 aliphatic heterocycles. The molecule has 3 aromatic carbocycles. The van der Waals surface area contributed by atoms with Gasteiger partial charge in [0, 0.05) is 7.05 Å². The second-order valence-corrected chi connectivity index (χ2v) is 12.1. The van der Waals surface area contributed by atoms with Crippen molar-refractivity contribution in [2.24, 2.45) is 0 Å². The minimum Gasteiger partial charge on any atom is -0.374 e. The summed E-state index contributed by atoms with van der Waals surface area (Å²) >= 11 is 0. The number of ether oxygens (including phenoxy) is 5. The van der Waals surface area contributed by atoms with Crippen molar-refractivity contribution in [1.82, 2.24) is 4.31 Å². The number of sulfonamides is 1. The third kappa shape index (κ3) is 6.58. The monoisotopic (exact) mass is 553 g/mol. The summed E-state index contributed by atoms with van der Waals surface area (Å²) in [6, 6.07) is 28.7. The fourth-order valence-corrected chi connectivity index (χ4v) is 5.77. The number of benzene rings is 3. The molecule has 39 heavy (non-hydrogen) atoms. The first-order valence-corrected chi connectivity index (χ1v) is 14.9. The van der Waals surface area contributed by atoms with E-state index in [-0.39, 0.29) is 19.8 Å². The van der Waals surface area contributed by atoms with Gasteiger partial charge in [-0.2, -0.15) is 4.31 Å². The first-order valence-electron chi connectivity index (χ1n) is 13.0. The van der Waals surface area contributed by atoms with Crippen LogP contribution in [0.3, 0.4) is 0 Å². The van der Waals surface area contributed by atoms with Crippen LogP contribution < -0.4 is 0 Å². The topological polar surface area (TPSA) is 83.5 Å². The van der Waals surface area contributed by atoms with Gasteiger partial charge >= 0.3 is 0 Å². The third-order valence-corrected chi connectivity index (χ3v) is 8.52. The highest BCUT2D eigenvalue weighted by atomic mass is 32.2. The van der Waals surface area contributed by atoms with Gasteiger partial charge in [-0.05, 0) is 16.7 Å². The van der Waals surface area contributed by atoms with Crippen LogP contribution >= 0.6 is 0 Å². The Morgan fingerprint density at radius 2 is 1.33 bits per heavy atom. The summed E-state index contributed by atoms with van der Waals surface area (Å²) in [6.07, 6.45) is -1.02. The van der Waals surface area contributed by atoms with Gasteiger partial charge in [-0.1, -0.05) is 91.0 Å². The van der Waals surface area contributed by atoms with Gasteiger partial charge in [-0.15, -0.1) is 0 Å². The van der Waals surface area contributed by atoms with Gasteiger partial charge in [0.25, 0.3) is 0 Å². The Balaban J connectivity index is 1.45. The molecule has 0 aromatic heterocycles. The number of likely N-dealkylation sites (N-methyl/N-ethyl adjacent to an activating group) is 1. The molecular weight excluding hydrogens is 518 g/mol. The highest BCUT2D eigenvalue weighted by molar-refractivity contribution is 7.88. The lowest BCUT2D eigenvalue weighted by atomic mass is 9.87. The maximum Gasteiger partial charge on any atom is 0.211 e. The van der Waals surface area contributed by atoms with Gasteiger partial charge in [0.2, 0.25) is 10.0 Å². The van der Waals surface area contributed by atoms with Crippen LogP contribution in [0.1, 0.15) is 16.7 Å². The van der Waals surface area contributed by atoms with E-state index in [1.54, 1.807) is 0 Å². The quantitative estimate of drug-likeness (QED) is 0.338. The summed E-state index contributed by atoms with van der Waals surface area (Å²) in [6.45, 7) is 1.34. The average molecular weight is 554 g/mol. The molecular formula is C30H35NO7S. The van der Waals surface area contributed by atoms with Gasteiger partial charge in [0.15, 0.2) is 6.29 Å². The standard InChI is InChI=1S/C30H35NO7S/c1-31(39(2,32)33)26-27(35-19-24-14-8-4-9-15-24)28(36-20-25-16-10-5-11-17-25)30(22-37-29(26)38-30)21-34-18-23-12-6-3-7-13-23/h3-17,26-29H,18-22H2,1-2H3/t26-,27-,28-,29+,30+/m1/s1. The van der Waals surface area contributed by atoms with Crippen molar-refractivity contribution < 1.29 is 32.1 Å². The smallest absolute Gasteiger partial charge is 0.211 e. The van der Waals surface area contributed by atoms with E-state index in [0.29, 0.717) is 13.2 Å². The van der Waals surface area contributed by atoms with Crippen molar-refractivity contribution in [3.8, 4) is 0 Å². The molecule has 8 nitrogen and oxygen atoms in total. The van der Waals surface area contributed by atoms with Crippen molar-refractivity contribution in [2.45, 2.75) is 50.0 Å². The van der Waals surface area contributed by atoms with Crippen LogP contribution in [0.4, 0.5) is 0 Å². The zero-order chi connectivity index (χ0) is 27.3. The molecule has 0 unspecified atom stereocenters. The summed E-state index contributed by atoms with van der Waals surface area (Å²) in [4.78, 5) is 0. The predicted octanol–water partition coefficient (Wildman–Crippen LogP) is 3.76. The number of rotatable bonds is 12. The predicted molar refractivity (Wildman–Crippen MR) is 146 cm³/mol. The molecule has 208 valence electrons. The lowest BCUT2D eigenvalue weighted by molar-refractivity contribution is -0.271. The molecule has 0 radical (unpaired) electrons. The van der Waals surface area contributed by atoms with E-state index in [9.17, 15) is 8.42 Å². The van der Waals surface area contributed by atoms with Gasteiger partial charge in [0.1, 0.15) is 23.9 Å². The van der Waals surface area contributed by atoms with Crippen molar-refractivity contribution >= 4 is 10.0 Å². The van der Waals surface area contributed by atoms with E-state index in [0.717, 1.165) is 16.7 Å². The van der Waals surface area contributed by atoms with Crippen LogP contribution in [-0.2, 0) is 53.5 Å². The maximum absolute atomic E-state index is 12.7. The number of nitrogens with zero attached hydrogens (tertiary/aromatic N) is 1. The van der Waals surface area contributed by atoms with Crippen LogP contribution in [-0.4, -0.2) is 69.4 Å². The van der Waals surface area contributed by atoms with E-state index < -0.39 is 40.2 Å². The second kappa shape index (κ2) is 12.3. The summed E-state index contributed by atoms with van der Waals surface area (Å²) in [5, 5.41) is 0.